The summed E-state index contributed by atoms with van der Waals surface area (Å²) in [6.07, 6.45) is -3.55. The maximum Gasteiger partial charge on any atom is 0.293 e. The van der Waals surface area contributed by atoms with Gasteiger partial charge in [0.2, 0.25) is 15.9 Å². The number of aromatic nitrogens is 7. The maximum absolute atomic E-state index is 15.5. The first-order chi connectivity index (χ1) is 30.8. The fourth-order valence-electron chi connectivity index (χ4n) is 8.62. The van der Waals surface area contributed by atoms with E-state index in [-0.39, 0.29) is 74.0 Å². The zero-order valence-electron chi connectivity index (χ0n) is 34.4. The van der Waals surface area contributed by atoms with E-state index in [1.54, 1.807) is 37.3 Å². The van der Waals surface area contributed by atoms with Gasteiger partial charge in [0.15, 0.2) is 11.5 Å². The molecule has 3 atom stereocenters. The molecule has 0 unspecified atom stereocenters. The molecule has 0 aliphatic heterocycles. The van der Waals surface area contributed by atoms with Crippen molar-refractivity contribution >= 4 is 55.3 Å². The first kappa shape index (κ1) is 43.8. The molecule has 0 spiro atoms. The molecule has 4 aromatic heterocycles. The lowest BCUT2D eigenvalue weighted by atomic mass is 10.0. The summed E-state index contributed by atoms with van der Waals surface area (Å²) in [5, 5.41) is 10.9. The van der Waals surface area contributed by atoms with Crippen LogP contribution in [0.1, 0.15) is 64.4 Å². The van der Waals surface area contributed by atoms with Gasteiger partial charge in [-0.05, 0) is 85.3 Å². The highest BCUT2D eigenvalue weighted by Crippen LogP contribution is 2.68. The molecule has 1 fully saturated rings. The van der Waals surface area contributed by atoms with Crippen molar-refractivity contribution in [2.75, 3.05) is 17.6 Å². The van der Waals surface area contributed by atoms with Gasteiger partial charge < -0.3 is 10.1 Å². The number of aryl methyl sites for hydroxylation is 3. The Bertz CT molecular complexity index is 3230. The fraction of sp³-hybridized carbons (Fsp3) is 0.302. The number of hydrogen-bond acceptors (Lipinski definition) is 9. The third kappa shape index (κ3) is 8.04. The van der Waals surface area contributed by atoms with E-state index in [2.05, 4.69) is 25.2 Å². The number of halogens is 7. The smallest absolute Gasteiger partial charge is 0.293 e. The van der Waals surface area contributed by atoms with Crippen molar-refractivity contribution in [2.24, 2.45) is 13.0 Å². The summed E-state index contributed by atoms with van der Waals surface area (Å²) in [4.78, 5) is 38.1. The van der Waals surface area contributed by atoms with Crippen LogP contribution in [0.25, 0.3) is 27.6 Å². The van der Waals surface area contributed by atoms with Crippen molar-refractivity contribution < 1.29 is 44.3 Å². The number of amides is 1. The van der Waals surface area contributed by atoms with Crippen LogP contribution in [0, 0.1) is 24.5 Å². The number of methoxy groups -OCH3 is 1. The Labute approximate surface area is 370 Å². The molecule has 0 radical (unpaired) electrons. The Hall–Kier alpha value is -6.48. The maximum atomic E-state index is 15.5. The highest BCUT2D eigenvalue weighted by atomic mass is 35.5. The third-order valence-electron chi connectivity index (χ3n) is 11.6. The third-order valence-corrected chi connectivity index (χ3v) is 13.2. The van der Waals surface area contributed by atoms with Crippen LogP contribution in [0.15, 0.2) is 71.5 Å². The molecule has 338 valence electrons. The minimum atomic E-state index is -4.09. The summed E-state index contributed by atoms with van der Waals surface area (Å²) in [5.41, 5.74) is -1.57. The Morgan fingerprint density at radius 3 is 2.42 bits per heavy atom. The van der Waals surface area contributed by atoms with Crippen LogP contribution < -0.4 is 20.3 Å². The van der Waals surface area contributed by atoms with Crippen LogP contribution >= 0.6 is 11.6 Å². The number of carbonyl (C=O) groups is 1. The van der Waals surface area contributed by atoms with Gasteiger partial charge in [-0.1, -0.05) is 23.7 Å². The molecule has 2 aliphatic rings. The summed E-state index contributed by atoms with van der Waals surface area (Å²) in [7, 11) is -1.12. The van der Waals surface area contributed by atoms with E-state index in [4.69, 9.17) is 21.3 Å². The molecule has 2 aliphatic carbocycles. The zero-order valence-corrected chi connectivity index (χ0v) is 36.0. The second-order valence-electron chi connectivity index (χ2n) is 16.0. The number of alkyl halides is 4. The van der Waals surface area contributed by atoms with E-state index < -0.39 is 87.7 Å². The molecule has 14 nitrogen and oxygen atoms in total. The van der Waals surface area contributed by atoms with E-state index in [1.807, 2.05) is 0 Å². The number of hydrogen-bond donors (Lipinski definition) is 2. The van der Waals surface area contributed by atoms with Gasteiger partial charge in [0.05, 0.1) is 45.9 Å². The Morgan fingerprint density at radius 2 is 1.72 bits per heavy atom. The number of benzene rings is 3. The lowest BCUT2D eigenvalue weighted by molar-refractivity contribution is -0.123. The molecule has 3 aromatic carbocycles. The molecular formula is C43H36ClF6N9O5S. The molecule has 0 saturated heterocycles. The van der Waals surface area contributed by atoms with Gasteiger partial charge in [-0.3, -0.25) is 28.2 Å². The van der Waals surface area contributed by atoms with Crippen LogP contribution in [-0.2, 0) is 47.2 Å². The largest absolute Gasteiger partial charge is 0.497 e. The number of fused-ring (bicyclic) bond motifs is 5. The number of nitrogens with one attached hydrogen (secondary N) is 2. The normalized spacial score (nSPS) is 16.8. The molecule has 1 saturated carbocycles. The zero-order chi connectivity index (χ0) is 46.3. The summed E-state index contributed by atoms with van der Waals surface area (Å²) in [6, 6.07) is 13.7. The van der Waals surface area contributed by atoms with Crippen LogP contribution in [0.4, 0.5) is 32.2 Å². The van der Waals surface area contributed by atoms with Crippen molar-refractivity contribution in [1.82, 2.24) is 39.4 Å². The minimum absolute atomic E-state index is 0.00483. The molecule has 0 bridgehead atoms. The highest BCUT2D eigenvalue weighted by Gasteiger charge is 2.67. The summed E-state index contributed by atoms with van der Waals surface area (Å²) in [6.45, 7) is 0.650. The lowest BCUT2D eigenvalue weighted by Crippen LogP contribution is -2.38. The first-order valence-electron chi connectivity index (χ1n) is 20.0. The van der Waals surface area contributed by atoms with E-state index in [9.17, 15) is 35.6 Å². The van der Waals surface area contributed by atoms with Crippen LogP contribution in [-0.4, -0.2) is 61.3 Å². The average Bonchev–Trinajstić information content (AvgIpc) is 3.78. The molecule has 22 heteroatoms. The van der Waals surface area contributed by atoms with Gasteiger partial charge in [-0.2, -0.15) is 19.0 Å². The molecule has 65 heavy (non-hydrogen) atoms. The number of rotatable bonds is 14. The van der Waals surface area contributed by atoms with Gasteiger partial charge in [0.1, 0.15) is 41.1 Å². The van der Waals surface area contributed by atoms with Gasteiger partial charge in [-0.15, -0.1) is 0 Å². The molecular weight excluding hydrogens is 904 g/mol. The SMILES string of the molecule is COc1ccc(CCS(=O)(=O)Nc2nn(C)c3c(-n4c([C@H](Cc5cc(F)cc(F)c5)NC(=O)Cn5nc(C(F)F)c6c5C(F)(F)[C@@H]5C[C@H]65)nc5nc(C)ccc5c4=O)ccc(Cl)c23)cc1. The molecule has 2 N–H and O–H groups in total. The van der Waals surface area contributed by atoms with E-state index >= 15 is 8.78 Å². The topological polar surface area (TPSA) is 168 Å². The van der Waals surface area contributed by atoms with Crippen molar-refractivity contribution in [3.05, 3.63) is 133 Å². The van der Waals surface area contributed by atoms with E-state index in [0.29, 0.717) is 27.8 Å². The van der Waals surface area contributed by atoms with Gasteiger partial charge in [-0.25, -0.2) is 35.9 Å². The Balaban J connectivity index is 1.16. The van der Waals surface area contributed by atoms with Crippen LogP contribution in [0.5, 0.6) is 5.75 Å². The van der Waals surface area contributed by atoms with Crippen LogP contribution in [0.2, 0.25) is 5.02 Å². The van der Waals surface area contributed by atoms with Crippen molar-refractivity contribution in [2.45, 2.75) is 57.0 Å². The van der Waals surface area contributed by atoms with Crippen molar-refractivity contribution in [3.8, 4) is 11.4 Å². The predicted molar refractivity (Wildman–Crippen MR) is 226 cm³/mol. The van der Waals surface area contributed by atoms with Crippen molar-refractivity contribution in [3.63, 3.8) is 0 Å². The van der Waals surface area contributed by atoms with E-state index in [0.717, 1.165) is 16.7 Å². The summed E-state index contributed by atoms with van der Waals surface area (Å²) in [5.74, 6) is -8.83. The summed E-state index contributed by atoms with van der Waals surface area (Å²) < 4.78 is 126. The number of pyridine rings is 1. The summed E-state index contributed by atoms with van der Waals surface area (Å²) >= 11 is 6.75. The standard InChI is InChI=1S/C43H36ClF6N9O5S/c1-20-4-9-26-39(51-20)53-41(30(16-22-14-23(45)17-24(46)15-22)52-32(60)19-58-37-33(35(54-58)38(47)48)27-18-28(27)43(37,49)50)59(42(26)61)31-11-10-29(44)34-36(31)57(2)55-40(34)56-65(62,63)13-12-21-5-7-25(64-3)8-6-21/h4-11,14-15,17,27-28,30,38H,12-13,16,18-19H2,1-3H3,(H,52,60)(H,55,56)/t27-,28+,30-/m0/s1. The second-order valence-corrected chi connectivity index (χ2v) is 18.2. The number of ether oxygens (including phenoxy) is 1. The quantitative estimate of drug-likeness (QED) is 0.106. The molecule has 7 aromatic rings. The Morgan fingerprint density at radius 1 is 1.00 bits per heavy atom. The number of carbonyl (C=O) groups excluding carboxylic acids is 1. The van der Waals surface area contributed by atoms with Crippen molar-refractivity contribution in [1.29, 1.82) is 0 Å². The van der Waals surface area contributed by atoms with Gasteiger partial charge in [0.25, 0.3) is 17.9 Å². The average molecular weight is 940 g/mol. The predicted octanol–water partition coefficient (Wildman–Crippen LogP) is 7.34. The minimum Gasteiger partial charge on any atom is -0.497 e. The van der Waals surface area contributed by atoms with E-state index in [1.165, 1.54) is 37.0 Å². The molecule has 1 amide bonds. The fourth-order valence-corrected chi connectivity index (χ4v) is 9.91. The van der Waals surface area contributed by atoms with Crippen LogP contribution in [0.3, 0.4) is 0 Å². The Kier molecular flexibility index (Phi) is 10.9. The monoisotopic (exact) mass is 939 g/mol. The molecule has 9 rings (SSSR count). The number of nitrogens with zero attached hydrogens (tertiary/aromatic N) is 7. The first-order valence-corrected chi connectivity index (χ1v) is 22.1. The lowest BCUT2D eigenvalue weighted by Gasteiger charge is -2.24. The van der Waals surface area contributed by atoms with Gasteiger partial charge in [0, 0.05) is 36.7 Å². The number of anilines is 1. The second kappa shape index (κ2) is 16.2. The van der Waals surface area contributed by atoms with Gasteiger partial charge >= 0.3 is 0 Å². The highest BCUT2D eigenvalue weighted by molar-refractivity contribution is 7.92. The number of sulfonamides is 1. The molecule has 4 heterocycles.